The number of pyridine rings is 1. The summed E-state index contributed by atoms with van der Waals surface area (Å²) >= 11 is 0. The van der Waals surface area contributed by atoms with Gasteiger partial charge in [0.2, 0.25) is 0 Å². The predicted octanol–water partition coefficient (Wildman–Crippen LogP) is 2.70. The molecule has 0 saturated heterocycles. The third-order valence-corrected chi connectivity index (χ3v) is 4.36. The largest absolute Gasteiger partial charge is 0.492 e. The van der Waals surface area contributed by atoms with Gasteiger partial charge >= 0.3 is 6.03 Å². The van der Waals surface area contributed by atoms with Crippen molar-refractivity contribution in [1.82, 2.24) is 24.8 Å². The monoisotopic (exact) mass is 361 g/mol. The molecule has 3 N–H and O–H groups in total. The lowest BCUT2D eigenvalue weighted by molar-refractivity contribution is 0.262. The number of rotatable bonds is 3. The maximum absolute atomic E-state index is 12.2. The molecule has 1 aliphatic rings. The van der Waals surface area contributed by atoms with Crippen LogP contribution in [0, 0.1) is 0 Å². The second-order valence-corrected chi connectivity index (χ2v) is 6.12. The van der Waals surface area contributed by atoms with E-state index in [2.05, 4.69) is 37.0 Å². The minimum atomic E-state index is -0.401. The maximum Gasteiger partial charge on any atom is 0.324 e. The molecule has 0 radical (unpaired) electrons. The lowest BCUT2D eigenvalue weighted by Gasteiger charge is -2.06. The van der Waals surface area contributed by atoms with Crippen LogP contribution in [-0.2, 0) is 6.42 Å². The van der Waals surface area contributed by atoms with Crippen LogP contribution in [0.3, 0.4) is 0 Å². The third-order valence-electron chi connectivity index (χ3n) is 4.36. The smallest absolute Gasteiger partial charge is 0.324 e. The molecule has 27 heavy (non-hydrogen) atoms. The second kappa shape index (κ2) is 6.13. The molecule has 0 spiro atoms. The van der Waals surface area contributed by atoms with E-state index in [0.717, 1.165) is 23.4 Å². The lowest BCUT2D eigenvalue weighted by atomic mass is 10.1. The van der Waals surface area contributed by atoms with Gasteiger partial charge in [-0.15, -0.1) is 0 Å². The SMILES string of the molecule is O=C(Nc1ccc2ncnn2c1)Nc1cc(-c2cccc3c2OCC3)[nH]n1. The van der Waals surface area contributed by atoms with Crippen molar-refractivity contribution in [1.29, 1.82) is 0 Å². The second-order valence-electron chi connectivity index (χ2n) is 6.12. The number of carbonyl (C=O) groups excluding carboxylic acids is 1. The number of aromatic nitrogens is 5. The number of benzene rings is 1. The Labute approximate surface area is 153 Å². The highest BCUT2D eigenvalue weighted by atomic mass is 16.5. The molecule has 1 aliphatic heterocycles. The molecule has 1 aromatic carbocycles. The number of nitrogens with zero attached hydrogens (tertiary/aromatic N) is 4. The van der Waals surface area contributed by atoms with Gasteiger partial charge in [0.25, 0.3) is 0 Å². The van der Waals surface area contributed by atoms with Gasteiger partial charge in [0.15, 0.2) is 11.5 Å². The summed E-state index contributed by atoms with van der Waals surface area (Å²) in [5.41, 5.74) is 4.19. The predicted molar refractivity (Wildman–Crippen MR) is 98.9 cm³/mol. The molecule has 0 atom stereocenters. The molecule has 0 aliphatic carbocycles. The number of amides is 2. The average molecular weight is 361 g/mol. The number of carbonyl (C=O) groups is 1. The van der Waals surface area contributed by atoms with E-state index in [9.17, 15) is 4.79 Å². The Morgan fingerprint density at radius 3 is 3.15 bits per heavy atom. The van der Waals surface area contributed by atoms with Crippen LogP contribution in [-0.4, -0.2) is 37.4 Å². The number of anilines is 2. The summed E-state index contributed by atoms with van der Waals surface area (Å²) in [6, 6.07) is 10.9. The van der Waals surface area contributed by atoms with E-state index < -0.39 is 6.03 Å². The van der Waals surface area contributed by atoms with Crippen molar-refractivity contribution in [2.75, 3.05) is 17.2 Å². The van der Waals surface area contributed by atoms with Crippen LogP contribution in [0.2, 0.25) is 0 Å². The maximum atomic E-state index is 12.2. The highest BCUT2D eigenvalue weighted by molar-refractivity contribution is 5.99. The first kappa shape index (κ1) is 15.4. The van der Waals surface area contributed by atoms with Crippen LogP contribution in [0.15, 0.2) is 48.9 Å². The molecule has 0 bridgehead atoms. The van der Waals surface area contributed by atoms with Crippen molar-refractivity contribution in [3.63, 3.8) is 0 Å². The molecule has 3 aromatic heterocycles. The van der Waals surface area contributed by atoms with Gasteiger partial charge in [0.1, 0.15) is 12.1 Å². The van der Waals surface area contributed by atoms with Crippen LogP contribution in [0.1, 0.15) is 5.56 Å². The Kier molecular flexibility index (Phi) is 3.49. The van der Waals surface area contributed by atoms with Gasteiger partial charge in [-0.1, -0.05) is 12.1 Å². The van der Waals surface area contributed by atoms with Gasteiger partial charge in [-0.05, 0) is 23.8 Å². The van der Waals surface area contributed by atoms with Crippen molar-refractivity contribution in [2.24, 2.45) is 0 Å². The number of hydrogen-bond donors (Lipinski definition) is 3. The minimum Gasteiger partial charge on any atom is -0.492 e. The van der Waals surface area contributed by atoms with Crippen LogP contribution < -0.4 is 15.4 Å². The van der Waals surface area contributed by atoms with E-state index in [1.165, 1.54) is 11.9 Å². The fourth-order valence-corrected chi connectivity index (χ4v) is 3.12. The minimum absolute atomic E-state index is 0.401. The number of fused-ring (bicyclic) bond motifs is 2. The first-order chi connectivity index (χ1) is 13.3. The summed E-state index contributed by atoms with van der Waals surface area (Å²) in [7, 11) is 0. The zero-order chi connectivity index (χ0) is 18.2. The average Bonchev–Trinajstić information content (AvgIpc) is 3.41. The molecule has 0 fully saturated rings. The van der Waals surface area contributed by atoms with E-state index >= 15 is 0 Å². The zero-order valence-corrected chi connectivity index (χ0v) is 14.1. The first-order valence-electron chi connectivity index (χ1n) is 8.44. The van der Waals surface area contributed by atoms with E-state index in [1.807, 2.05) is 12.1 Å². The van der Waals surface area contributed by atoms with Gasteiger partial charge in [-0.3, -0.25) is 10.4 Å². The molecule has 0 unspecified atom stereocenters. The van der Waals surface area contributed by atoms with Gasteiger partial charge in [0, 0.05) is 18.1 Å². The summed E-state index contributed by atoms with van der Waals surface area (Å²) in [6.45, 7) is 0.685. The lowest BCUT2D eigenvalue weighted by Crippen LogP contribution is -2.19. The number of ether oxygens (including phenoxy) is 1. The topological polar surface area (TPSA) is 109 Å². The highest BCUT2D eigenvalue weighted by Gasteiger charge is 2.18. The number of H-pyrrole nitrogens is 1. The van der Waals surface area contributed by atoms with E-state index in [0.29, 0.717) is 23.8 Å². The Morgan fingerprint density at radius 2 is 2.19 bits per heavy atom. The molecular formula is C18H15N7O2. The van der Waals surface area contributed by atoms with Crippen molar-refractivity contribution >= 4 is 23.2 Å². The molecule has 4 heterocycles. The fourth-order valence-electron chi connectivity index (χ4n) is 3.12. The van der Waals surface area contributed by atoms with E-state index in [-0.39, 0.29) is 0 Å². The number of hydrogen-bond acceptors (Lipinski definition) is 5. The number of urea groups is 1. The standard InChI is InChI=1S/C18H15N7O2/c26-18(21-12-4-5-16-19-10-20-25(16)9-12)22-15-8-14(23-24-15)13-3-1-2-11-6-7-27-17(11)13/h1-5,8-10H,6-7H2,(H3,21,22,23,24,26). The Morgan fingerprint density at radius 1 is 1.22 bits per heavy atom. The number of nitrogens with one attached hydrogen (secondary N) is 3. The molecule has 2 amide bonds. The number of aromatic amines is 1. The molecule has 134 valence electrons. The van der Waals surface area contributed by atoms with Gasteiger partial charge in [-0.2, -0.15) is 10.2 Å². The van der Waals surface area contributed by atoms with Gasteiger partial charge in [-0.25, -0.2) is 14.3 Å². The van der Waals surface area contributed by atoms with Gasteiger partial charge in [0.05, 0.1) is 24.2 Å². The Balaban J connectivity index is 1.32. The summed E-state index contributed by atoms with van der Waals surface area (Å²) in [5, 5.41) is 16.6. The van der Waals surface area contributed by atoms with E-state index in [4.69, 9.17) is 4.74 Å². The van der Waals surface area contributed by atoms with Crippen LogP contribution in [0.25, 0.3) is 16.9 Å². The summed E-state index contributed by atoms with van der Waals surface area (Å²) in [4.78, 5) is 16.3. The Bertz CT molecular complexity index is 1150. The zero-order valence-electron chi connectivity index (χ0n) is 14.1. The first-order valence-corrected chi connectivity index (χ1v) is 8.44. The van der Waals surface area contributed by atoms with Crippen LogP contribution in [0.4, 0.5) is 16.3 Å². The van der Waals surface area contributed by atoms with Crippen molar-refractivity contribution in [3.05, 3.63) is 54.5 Å². The summed E-state index contributed by atoms with van der Waals surface area (Å²) < 4.78 is 7.30. The quantitative estimate of drug-likeness (QED) is 0.520. The number of para-hydroxylation sites is 1. The van der Waals surface area contributed by atoms with Crippen LogP contribution in [0.5, 0.6) is 5.75 Å². The van der Waals surface area contributed by atoms with E-state index in [1.54, 1.807) is 28.9 Å². The Hall–Kier alpha value is -3.88. The summed E-state index contributed by atoms with van der Waals surface area (Å²) in [5.74, 6) is 1.29. The molecular weight excluding hydrogens is 346 g/mol. The molecule has 4 aromatic rings. The summed E-state index contributed by atoms with van der Waals surface area (Å²) in [6.07, 6.45) is 4.04. The molecule has 0 saturated carbocycles. The third kappa shape index (κ3) is 2.84. The van der Waals surface area contributed by atoms with Gasteiger partial charge < -0.3 is 10.1 Å². The fraction of sp³-hybridized carbons (Fsp3) is 0.111. The van der Waals surface area contributed by atoms with Crippen molar-refractivity contribution < 1.29 is 9.53 Å². The van der Waals surface area contributed by atoms with Crippen molar-refractivity contribution in [2.45, 2.75) is 6.42 Å². The van der Waals surface area contributed by atoms with Crippen LogP contribution >= 0.6 is 0 Å². The normalized spacial score (nSPS) is 12.6. The highest BCUT2D eigenvalue weighted by Crippen LogP contribution is 2.36. The van der Waals surface area contributed by atoms with Crippen molar-refractivity contribution in [3.8, 4) is 17.0 Å². The molecule has 5 rings (SSSR count). The molecule has 9 heteroatoms. The molecule has 9 nitrogen and oxygen atoms in total.